The summed E-state index contributed by atoms with van der Waals surface area (Å²) in [5.41, 5.74) is 4.04. The van der Waals surface area contributed by atoms with Crippen LogP contribution in [-0.2, 0) is 12.8 Å². The lowest BCUT2D eigenvalue weighted by Crippen LogP contribution is -2.22. The summed E-state index contributed by atoms with van der Waals surface area (Å²) in [6, 6.07) is 7.31. The van der Waals surface area contributed by atoms with Gasteiger partial charge in [-0.2, -0.15) is 0 Å². The van der Waals surface area contributed by atoms with E-state index < -0.39 is 6.10 Å². The molecular weight excluding hydrogens is 384 g/mol. The lowest BCUT2D eigenvalue weighted by molar-refractivity contribution is 0.0852. The van der Waals surface area contributed by atoms with E-state index in [2.05, 4.69) is 0 Å². The largest absolute Gasteiger partial charge is 0.493 e. The predicted molar refractivity (Wildman–Crippen MR) is 111 cm³/mol. The van der Waals surface area contributed by atoms with Crippen molar-refractivity contribution in [3.8, 4) is 17.2 Å². The monoisotopic (exact) mass is 406 g/mol. The lowest BCUT2D eigenvalue weighted by atomic mass is 9.90. The Morgan fingerprint density at radius 2 is 1.77 bits per heavy atom. The van der Waals surface area contributed by atoms with Gasteiger partial charge >= 0.3 is 5.63 Å². The number of carbonyl (C=O) groups excluding carboxylic acids is 1. The minimum atomic E-state index is -0.459. The van der Waals surface area contributed by atoms with Crippen LogP contribution in [0.2, 0.25) is 0 Å². The molecule has 6 nitrogen and oxygen atoms in total. The van der Waals surface area contributed by atoms with Gasteiger partial charge in [0.05, 0.1) is 31.6 Å². The third kappa shape index (κ3) is 2.70. The Kier molecular flexibility index (Phi) is 4.31. The highest BCUT2D eigenvalue weighted by molar-refractivity contribution is 6.07. The van der Waals surface area contributed by atoms with Gasteiger partial charge in [0, 0.05) is 5.56 Å². The highest BCUT2D eigenvalue weighted by Gasteiger charge is 2.34. The molecule has 0 bridgehead atoms. The highest BCUT2D eigenvalue weighted by atomic mass is 16.5. The summed E-state index contributed by atoms with van der Waals surface area (Å²) in [7, 11) is 3.16. The van der Waals surface area contributed by atoms with E-state index in [1.165, 1.54) is 0 Å². The van der Waals surface area contributed by atoms with Crippen molar-refractivity contribution in [3.63, 3.8) is 0 Å². The Hall–Kier alpha value is -3.28. The number of carbonyl (C=O) groups is 1. The number of hydrogen-bond acceptors (Lipinski definition) is 6. The molecule has 0 N–H and O–H groups in total. The van der Waals surface area contributed by atoms with E-state index in [1.54, 1.807) is 20.3 Å². The molecule has 0 radical (unpaired) electrons. The van der Waals surface area contributed by atoms with Gasteiger partial charge in [0.25, 0.3) is 0 Å². The third-order valence-corrected chi connectivity index (χ3v) is 6.10. The molecule has 30 heavy (non-hydrogen) atoms. The molecule has 0 fully saturated rings. The van der Waals surface area contributed by atoms with Crippen molar-refractivity contribution in [2.45, 2.75) is 38.7 Å². The fourth-order valence-corrected chi connectivity index (χ4v) is 4.69. The molecule has 2 aromatic carbocycles. The molecule has 0 saturated carbocycles. The standard InChI is InChI=1S/C24H22O6/c1-12-9-20-22(14-5-4-6-15(14)24(26)30-20)23-21(12)16(25)11-18(29-23)13-7-8-17(27-2)19(10-13)28-3/h7-10,18H,4-6,11H2,1-3H3/t18-/m0/s1. The SMILES string of the molecule is COc1ccc([C@@H]2CC(=O)c3c(C)cc4oc(=O)c5c(c4c3O2)CCC5)cc1OC. The first-order chi connectivity index (χ1) is 14.5. The Balaban J connectivity index is 1.70. The summed E-state index contributed by atoms with van der Waals surface area (Å²) in [6.07, 6.45) is 2.15. The number of fused-ring (bicyclic) bond motifs is 5. The molecule has 0 amide bonds. The average molecular weight is 406 g/mol. The molecule has 0 spiro atoms. The summed E-state index contributed by atoms with van der Waals surface area (Å²) in [6.45, 7) is 1.85. The van der Waals surface area contributed by atoms with E-state index in [4.69, 9.17) is 18.6 Å². The lowest BCUT2D eigenvalue weighted by Gasteiger charge is -2.28. The second-order valence-corrected chi connectivity index (χ2v) is 7.82. The summed E-state index contributed by atoms with van der Waals surface area (Å²) >= 11 is 0. The molecule has 1 atom stereocenters. The van der Waals surface area contributed by atoms with Crippen LogP contribution in [-0.4, -0.2) is 20.0 Å². The summed E-state index contributed by atoms with van der Waals surface area (Å²) < 4.78 is 22.8. The number of aryl methyl sites for hydroxylation is 2. The Morgan fingerprint density at radius 1 is 1.00 bits per heavy atom. The molecule has 2 heterocycles. The summed E-state index contributed by atoms with van der Waals surface area (Å²) in [5.74, 6) is 1.75. The fraction of sp³-hybridized carbons (Fsp3) is 0.333. The van der Waals surface area contributed by atoms with Crippen molar-refractivity contribution < 1.29 is 23.4 Å². The summed E-state index contributed by atoms with van der Waals surface area (Å²) in [5, 5.41) is 0.765. The smallest absolute Gasteiger partial charge is 0.339 e. The number of ketones is 1. The topological polar surface area (TPSA) is 75.0 Å². The minimum absolute atomic E-state index is 0.0216. The molecule has 5 rings (SSSR count). The first-order valence-corrected chi connectivity index (χ1v) is 10.1. The minimum Gasteiger partial charge on any atom is -0.493 e. The van der Waals surface area contributed by atoms with Crippen molar-refractivity contribution >= 4 is 16.8 Å². The van der Waals surface area contributed by atoms with Crippen LogP contribution < -0.4 is 19.8 Å². The van der Waals surface area contributed by atoms with Gasteiger partial charge in [0.2, 0.25) is 0 Å². The van der Waals surface area contributed by atoms with Crippen LogP contribution >= 0.6 is 0 Å². The first-order valence-electron chi connectivity index (χ1n) is 10.1. The van der Waals surface area contributed by atoms with Crippen molar-refractivity contribution in [3.05, 3.63) is 62.5 Å². The van der Waals surface area contributed by atoms with Crippen molar-refractivity contribution in [2.24, 2.45) is 0 Å². The maximum absolute atomic E-state index is 13.2. The van der Waals surface area contributed by atoms with Crippen LogP contribution in [0.3, 0.4) is 0 Å². The van der Waals surface area contributed by atoms with Gasteiger partial charge < -0.3 is 18.6 Å². The van der Waals surface area contributed by atoms with Crippen molar-refractivity contribution in [1.29, 1.82) is 0 Å². The van der Waals surface area contributed by atoms with Crippen LogP contribution in [0.4, 0.5) is 0 Å². The van der Waals surface area contributed by atoms with Gasteiger partial charge in [-0.15, -0.1) is 0 Å². The second kappa shape index (κ2) is 6.90. The van der Waals surface area contributed by atoms with Gasteiger partial charge in [0.15, 0.2) is 17.3 Å². The predicted octanol–water partition coefficient (Wildman–Crippen LogP) is 4.31. The third-order valence-electron chi connectivity index (χ3n) is 6.10. The van der Waals surface area contributed by atoms with Gasteiger partial charge in [-0.25, -0.2) is 4.79 Å². The number of hydrogen-bond donors (Lipinski definition) is 0. The van der Waals surface area contributed by atoms with E-state index in [9.17, 15) is 9.59 Å². The number of rotatable bonds is 3. The number of Topliss-reactive ketones (excluding diaryl/α,β-unsaturated/α-hetero) is 1. The Bertz CT molecular complexity index is 1250. The zero-order chi connectivity index (χ0) is 21.0. The van der Waals surface area contributed by atoms with Gasteiger partial charge in [-0.05, 0) is 61.1 Å². The van der Waals surface area contributed by atoms with Crippen LogP contribution in [0.15, 0.2) is 33.5 Å². The normalized spacial score (nSPS) is 17.4. The molecule has 0 unspecified atom stereocenters. The van der Waals surface area contributed by atoms with E-state index in [0.29, 0.717) is 40.4 Å². The molecule has 1 aliphatic heterocycles. The van der Waals surface area contributed by atoms with Gasteiger partial charge in [-0.3, -0.25) is 4.79 Å². The molecule has 1 aromatic heterocycles. The fourth-order valence-electron chi connectivity index (χ4n) is 4.69. The van der Waals surface area contributed by atoms with Gasteiger partial charge in [-0.1, -0.05) is 6.07 Å². The molecule has 2 aliphatic rings. The molecule has 6 heteroatoms. The quantitative estimate of drug-likeness (QED) is 0.603. The molecule has 3 aromatic rings. The van der Waals surface area contributed by atoms with Crippen LogP contribution in [0.1, 0.15) is 51.6 Å². The van der Waals surface area contributed by atoms with E-state index in [1.807, 2.05) is 25.1 Å². The zero-order valence-electron chi connectivity index (χ0n) is 17.2. The van der Waals surface area contributed by atoms with E-state index in [-0.39, 0.29) is 17.8 Å². The molecular formula is C24H22O6. The second-order valence-electron chi connectivity index (χ2n) is 7.82. The Labute approximate surface area is 173 Å². The summed E-state index contributed by atoms with van der Waals surface area (Å²) in [4.78, 5) is 25.5. The highest BCUT2D eigenvalue weighted by Crippen LogP contribution is 2.45. The van der Waals surface area contributed by atoms with Crippen LogP contribution in [0, 0.1) is 6.92 Å². The van der Waals surface area contributed by atoms with Crippen molar-refractivity contribution in [1.82, 2.24) is 0 Å². The first kappa shape index (κ1) is 18.7. The molecule has 1 aliphatic carbocycles. The number of methoxy groups -OCH3 is 2. The zero-order valence-corrected chi connectivity index (χ0v) is 17.2. The van der Waals surface area contributed by atoms with Crippen molar-refractivity contribution in [2.75, 3.05) is 14.2 Å². The number of benzene rings is 2. The Morgan fingerprint density at radius 3 is 2.53 bits per heavy atom. The number of ether oxygens (including phenoxy) is 3. The maximum atomic E-state index is 13.2. The van der Waals surface area contributed by atoms with Gasteiger partial charge in [0.1, 0.15) is 17.4 Å². The average Bonchev–Trinajstić information content (AvgIpc) is 3.23. The molecule has 0 saturated heterocycles. The van der Waals surface area contributed by atoms with Crippen LogP contribution in [0.25, 0.3) is 11.0 Å². The van der Waals surface area contributed by atoms with E-state index >= 15 is 0 Å². The van der Waals surface area contributed by atoms with Crippen LogP contribution in [0.5, 0.6) is 17.2 Å². The molecule has 154 valence electrons. The maximum Gasteiger partial charge on any atom is 0.339 e. The van der Waals surface area contributed by atoms with E-state index in [0.717, 1.165) is 34.9 Å².